The highest BCUT2D eigenvalue weighted by molar-refractivity contribution is 7.17. The Morgan fingerprint density at radius 2 is 2.23 bits per heavy atom. The van der Waals surface area contributed by atoms with Crippen molar-refractivity contribution in [1.82, 2.24) is 24.4 Å². The molecule has 4 aromatic rings. The monoisotopic (exact) mass is 362 g/mol. The van der Waals surface area contributed by atoms with Crippen molar-refractivity contribution < 1.29 is 5.11 Å². The van der Waals surface area contributed by atoms with E-state index in [1.165, 1.54) is 4.88 Å². The number of nitriles is 1. The number of aromatic nitrogens is 5. The van der Waals surface area contributed by atoms with E-state index in [0.29, 0.717) is 17.2 Å². The molecule has 128 valence electrons. The predicted molar refractivity (Wildman–Crippen MR) is 95.2 cm³/mol. The average molecular weight is 362 g/mol. The van der Waals surface area contributed by atoms with Gasteiger partial charge in [-0.05, 0) is 37.0 Å². The van der Waals surface area contributed by atoms with Crippen molar-refractivity contribution in [2.75, 3.05) is 0 Å². The molecule has 3 heterocycles. The summed E-state index contributed by atoms with van der Waals surface area (Å²) in [5.41, 5.74) is 2.59. The molecule has 1 aromatic carbocycles. The van der Waals surface area contributed by atoms with Crippen LogP contribution >= 0.6 is 11.3 Å². The lowest BCUT2D eigenvalue weighted by Crippen LogP contribution is -2.06. The number of thiazole rings is 1. The van der Waals surface area contributed by atoms with Crippen LogP contribution in [0, 0.1) is 11.3 Å². The molecule has 0 radical (unpaired) electrons. The molecule has 1 atom stereocenters. The van der Waals surface area contributed by atoms with Gasteiger partial charge in [0.2, 0.25) is 0 Å². The van der Waals surface area contributed by atoms with Gasteiger partial charge in [0, 0.05) is 4.88 Å². The zero-order valence-electron chi connectivity index (χ0n) is 13.6. The molecular weight excluding hydrogens is 348 g/mol. The third-order valence-electron chi connectivity index (χ3n) is 4.57. The number of fused-ring (bicyclic) bond motifs is 1. The van der Waals surface area contributed by atoms with Crippen molar-refractivity contribution >= 4 is 16.2 Å². The fraction of sp³-hybridized carbons (Fsp3) is 0.222. The fourth-order valence-electron chi connectivity index (χ4n) is 3.11. The number of rotatable bonds is 4. The van der Waals surface area contributed by atoms with E-state index in [2.05, 4.69) is 21.4 Å². The second-order valence-electron chi connectivity index (χ2n) is 6.38. The van der Waals surface area contributed by atoms with E-state index in [9.17, 15) is 5.11 Å². The van der Waals surface area contributed by atoms with E-state index < -0.39 is 6.10 Å². The van der Waals surface area contributed by atoms with Gasteiger partial charge >= 0.3 is 0 Å². The van der Waals surface area contributed by atoms with E-state index in [4.69, 9.17) is 5.26 Å². The van der Waals surface area contributed by atoms with Crippen LogP contribution in [0.1, 0.15) is 46.7 Å². The summed E-state index contributed by atoms with van der Waals surface area (Å²) in [5, 5.41) is 28.4. The highest BCUT2D eigenvalue weighted by atomic mass is 32.1. The largest absolute Gasteiger partial charge is 0.380 e. The maximum absolute atomic E-state index is 11.0. The summed E-state index contributed by atoms with van der Waals surface area (Å²) >= 11 is 1.68. The van der Waals surface area contributed by atoms with Gasteiger partial charge < -0.3 is 5.11 Å². The van der Waals surface area contributed by atoms with Crippen LogP contribution in [0.4, 0.5) is 0 Å². The lowest BCUT2D eigenvalue weighted by molar-refractivity contribution is 0.208. The summed E-state index contributed by atoms with van der Waals surface area (Å²) in [6, 6.07) is 9.23. The smallest absolute Gasteiger partial charge is 0.141 e. The quantitative estimate of drug-likeness (QED) is 0.603. The molecule has 0 amide bonds. The Balaban J connectivity index is 1.55. The molecular formula is C18H14N6OS. The van der Waals surface area contributed by atoms with E-state index in [-0.39, 0.29) is 0 Å². The molecule has 1 N–H and O–H groups in total. The van der Waals surface area contributed by atoms with Crippen LogP contribution < -0.4 is 0 Å². The van der Waals surface area contributed by atoms with Crippen molar-refractivity contribution in [1.29, 1.82) is 5.26 Å². The van der Waals surface area contributed by atoms with Crippen molar-refractivity contribution in [3.05, 3.63) is 64.8 Å². The Morgan fingerprint density at radius 1 is 1.35 bits per heavy atom. The fourth-order valence-corrected chi connectivity index (χ4v) is 4.41. The first kappa shape index (κ1) is 15.3. The lowest BCUT2D eigenvalue weighted by Gasteiger charge is -2.09. The maximum atomic E-state index is 11.0. The van der Waals surface area contributed by atoms with Gasteiger partial charge in [0.15, 0.2) is 0 Å². The topological polar surface area (TPSA) is 92.0 Å². The number of imidazole rings is 1. The summed E-state index contributed by atoms with van der Waals surface area (Å²) in [7, 11) is 0. The Kier molecular flexibility index (Phi) is 3.38. The molecule has 26 heavy (non-hydrogen) atoms. The average Bonchev–Trinajstić information content (AvgIpc) is 3.09. The Labute approximate surface area is 152 Å². The minimum Gasteiger partial charge on any atom is -0.380 e. The van der Waals surface area contributed by atoms with Crippen LogP contribution in [0.3, 0.4) is 0 Å². The van der Waals surface area contributed by atoms with Gasteiger partial charge in [-0.1, -0.05) is 11.3 Å². The normalized spacial score (nSPS) is 15.2. The second-order valence-corrected chi connectivity index (χ2v) is 7.44. The van der Waals surface area contributed by atoms with Crippen LogP contribution in [0.15, 0.2) is 43.0 Å². The first-order chi connectivity index (χ1) is 12.7. The van der Waals surface area contributed by atoms with Crippen LogP contribution in [-0.2, 0) is 0 Å². The highest BCUT2D eigenvalue weighted by Crippen LogP contribution is 2.47. The molecule has 1 fully saturated rings. The molecule has 0 aliphatic heterocycles. The Morgan fingerprint density at radius 3 is 3.04 bits per heavy atom. The standard InChI is InChI=1S/C18H14N6OS/c19-7-11-2-1-3-13(6-11)24-9-14(21-22-24)17(25)16-18(12-4-5-12)26-15-8-20-10-23(15)16/h1-3,6,8-10,12,17,25H,4-5H2. The van der Waals surface area contributed by atoms with Gasteiger partial charge in [0.05, 0.1) is 35.4 Å². The molecule has 0 saturated heterocycles. The zero-order chi connectivity index (χ0) is 17.7. The van der Waals surface area contributed by atoms with Crippen molar-refractivity contribution in [2.24, 2.45) is 0 Å². The number of aliphatic hydroxyl groups is 1. The first-order valence-corrected chi connectivity index (χ1v) is 9.12. The van der Waals surface area contributed by atoms with E-state index >= 15 is 0 Å². The van der Waals surface area contributed by atoms with Gasteiger partial charge in [-0.15, -0.1) is 16.4 Å². The van der Waals surface area contributed by atoms with Crippen LogP contribution in [-0.4, -0.2) is 29.5 Å². The summed E-state index contributed by atoms with van der Waals surface area (Å²) in [6.07, 6.45) is 6.70. The van der Waals surface area contributed by atoms with Crippen molar-refractivity contribution in [2.45, 2.75) is 24.9 Å². The molecule has 1 saturated carbocycles. The molecule has 0 bridgehead atoms. The summed E-state index contributed by atoms with van der Waals surface area (Å²) in [5.74, 6) is 0.520. The molecule has 5 rings (SSSR count). The molecule has 7 nitrogen and oxygen atoms in total. The molecule has 1 unspecified atom stereocenters. The minimum absolute atomic E-state index is 0.475. The highest BCUT2D eigenvalue weighted by Gasteiger charge is 2.33. The van der Waals surface area contributed by atoms with Crippen LogP contribution in [0.5, 0.6) is 0 Å². The lowest BCUT2D eigenvalue weighted by atomic mass is 10.1. The van der Waals surface area contributed by atoms with E-state index in [1.54, 1.807) is 46.7 Å². The van der Waals surface area contributed by atoms with Crippen LogP contribution in [0.25, 0.3) is 10.5 Å². The van der Waals surface area contributed by atoms with Gasteiger partial charge in [-0.3, -0.25) is 4.40 Å². The van der Waals surface area contributed by atoms with Gasteiger partial charge in [0.25, 0.3) is 0 Å². The number of benzene rings is 1. The summed E-state index contributed by atoms with van der Waals surface area (Å²) in [4.78, 5) is 6.41. The number of hydrogen-bond donors (Lipinski definition) is 1. The Bertz CT molecular complexity index is 1150. The third-order valence-corrected chi connectivity index (χ3v) is 5.84. The molecule has 3 aromatic heterocycles. The third kappa shape index (κ3) is 2.41. The second kappa shape index (κ2) is 5.76. The van der Waals surface area contributed by atoms with Crippen molar-refractivity contribution in [3.63, 3.8) is 0 Å². The van der Waals surface area contributed by atoms with E-state index in [0.717, 1.165) is 29.1 Å². The summed E-state index contributed by atoms with van der Waals surface area (Å²) in [6.45, 7) is 0. The molecule has 8 heteroatoms. The maximum Gasteiger partial charge on any atom is 0.141 e. The Hall–Kier alpha value is -3.02. The predicted octanol–water partition coefficient (Wildman–Crippen LogP) is 2.81. The van der Waals surface area contributed by atoms with Gasteiger partial charge in [0.1, 0.15) is 23.0 Å². The molecule has 1 aliphatic carbocycles. The molecule has 0 spiro atoms. The minimum atomic E-state index is -0.874. The number of nitrogens with zero attached hydrogens (tertiary/aromatic N) is 6. The zero-order valence-corrected chi connectivity index (χ0v) is 14.5. The SMILES string of the molecule is N#Cc1cccc(-n2cc(C(O)c3c(C4CC4)sc4cncn34)nn2)c1. The van der Waals surface area contributed by atoms with Crippen molar-refractivity contribution in [3.8, 4) is 11.8 Å². The van der Waals surface area contributed by atoms with Gasteiger partial charge in [-0.2, -0.15) is 5.26 Å². The molecule has 1 aliphatic rings. The van der Waals surface area contributed by atoms with Crippen LogP contribution in [0.2, 0.25) is 0 Å². The van der Waals surface area contributed by atoms with Gasteiger partial charge in [-0.25, -0.2) is 9.67 Å². The summed E-state index contributed by atoms with van der Waals surface area (Å²) < 4.78 is 3.52. The number of aliphatic hydroxyl groups excluding tert-OH is 1. The number of hydrogen-bond acceptors (Lipinski definition) is 6. The van der Waals surface area contributed by atoms with E-state index in [1.807, 2.05) is 16.7 Å². The first-order valence-electron chi connectivity index (χ1n) is 8.30.